The van der Waals surface area contributed by atoms with Crippen LogP contribution in [0.3, 0.4) is 0 Å². The molecule has 0 radical (unpaired) electrons. The van der Waals surface area contributed by atoms with E-state index in [1.807, 2.05) is 11.8 Å². The van der Waals surface area contributed by atoms with Gasteiger partial charge in [0.25, 0.3) is 0 Å². The van der Waals surface area contributed by atoms with Gasteiger partial charge in [-0.05, 0) is 11.1 Å². The van der Waals surface area contributed by atoms with E-state index in [4.69, 9.17) is 0 Å². The van der Waals surface area contributed by atoms with Crippen LogP contribution in [0.2, 0.25) is 0 Å². The van der Waals surface area contributed by atoms with Crippen LogP contribution < -0.4 is 0 Å². The molecule has 0 spiro atoms. The third-order valence-corrected chi connectivity index (χ3v) is 4.79. The summed E-state index contributed by atoms with van der Waals surface area (Å²) in [5, 5.41) is 0. The Labute approximate surface area is 121 Å². The van der Waals surface area contributed by atoms with Crippen LogP contribution in [-0.4, -0.2) is 41.9 Å². The van der Waals surface area contributed by atoms with Gasteiger partial charge in [0.15, 0.2) is 0 Å². The Morgan fingerprint density at radius 2 is 2.05 bits per heavy atom. The summed E-state index contributed by atoms with van der Waals surface area (Å²) < 4.78 is 0. The Kier molecular flexibility index (Phi) is 3.33. The predicted octanol–water partition coefficient (Wildman–Crippen LogP) is 2.57. The Morgan fingerprint density at radius 1 is 1.30 bits per heavy atom. The molecule has 1 aromatic rings. The van der Waals surface area contributed by atoms with Gasteiger partial charge in [-0.1, -0.05) is 45.0 Å². The smallest absolute Gasteiger partial charge is 0.222 e. The Balaban J connectivity index is 1.95. The van der Waals surface area contributed by atoms with Crippen molar-refractivity contribution in [3.05, 3.63) is 35.4 Å². The molecule has 2 aliphatic rings. The van der Waals surface area contributed by atoms with Gasteiger partial charge in [0.1, 0.15) is 0 Å². The summed E-state index contributed by atoms with van der Waals surface area (Å²) in [6.45, 7) is 10.4. The Morgan fingerprint density at radius 3 is 2.80 bits per heavy atom. The second-order valence-corrected chi connectivity index (χ2v) is 6.65. The second kappa shape index (κ2) is 4.88. The highest BCUT2D eigenvalue weighted by Crippen LogP contribution is 2.40. The van der Waals surface area contributed by atoms with Gasteiger partial charge in [0.2, 0.25) is 5.91 Å². The highest BCUT2D eigenvalue weighted by atomic mass is 16.2. The minimum absolute atomic E-state index is 0.198. The van der Waals surface area contributed by atoms with Crippen LogP contribution in [0.25, 0.3) is 0 Å². The van der Waals surface area contributed by atoms with Crippen molar-refractivity contribution in [3.63, 3.8) is 0 Å². The first-order valence-electron chi connectivity index (χ1n) is 7.64. The molecule has 0 bridgehead atoms. The van der Waals surface area contributed by atoms with Gasteiger partial charge in [-0.2, -0.15) is 0 Å². The van der Waals surface area contributed by atoms with Crippen molar-refractivity contribution in [2.24, 2.45) is 0 Å². The van der Waals surface area contributed by atoms with E-state index in [9.17, 15) is 4.79 Å². The number of fused-ring (bicyclic) bond motifs is 3. The molecule has 20 heavy (non-hydrogen) atoms. The average molecular weight is 272 g/mol. The van der Waals surface area contributed by atoms with E-state index in [1.54, 1.807) is 0 Å². The lowest BCUT2D eigenvalue weighted by Gasteiger charge is -2.50. The number of hydrogen-bond acceptors (Lipinski definition) is 2. The third-order valence-electron chi connectivity index (χ3n) is 4.79. The molecule has 3 nitrogen and oxygen atoms in total. The summed E-state index contributed by atoms with van der Waals surface area (Å²) in [5.41, 5.74) is 3.06. The molecular formula is C17H24N2O. The maximum Gasteiger partial charge on any atom is 0.222 e. The summed E-state index contributed by atoms with van der Waals surface area (Å²) in [4.78, 5) is 16.6. The first kappa shape index (κ1) is 13.6. The van der Waals surface area contributed by atoms with Crippen LogP contribution in [0.15, 0.2) is 24.3 Å². The minimum Gasteiger partial charge on any atom is -0.340 e. The molecular weight excluding hydrogens is 248 g/mol. The lowest BCUT2D eigenvalue weighted by Crippen LogP contribution is -2.55. The molecule has 0 aliphatic carbocycles. The first-order chi connectivity index (χ1) is 9.53. The molecule has 108 valence electrons. The summed E-state index contributed by atoms with van der Waals surface area (Å²) in [5.74, 6) is 0.284. The summed E-state index contributed by atoms with van der Waals surface area (Å²) >= 11 is 0. The molecule has 1 amide bonds. The van der Waals surface area contributed by atoms with Crippen molar-refractivity contribution in [1.29, 1.82) is 0 Å². The average Bonchev–Trinajstić information content (AvgIpc) is 2.46. The summed E-state index contributed by atoms with van der Waals surface area (Å²) in [7, 11) is 0. The van der Waals surface area contributed by atoms with Crippen molar-refractivity contribution in [3.8, 4) is 0 Å². The van der Waals surface area contributed by atoms with Crippen LogP contribution in [-0.2, 0) is 10.2 Å². The molecule has 1 unspecified atom stereocenters. The number of carbonyl (C=O) groups excluding carboxylic acids is 1. The molecule has 3 heteroatoms. The van der Waals surface area contributed by atoms with Crippen molar-refractivity contribution in [2.45, 2.75) is 38.6 Å². The van der Waals surface area contributed by atoms with E-state index >= 15 is 0 Å². The normalized spacial score (nSPS) is 24.9. The molecule has 1 aromatic carbocycles. The lowest BCUT2D eigenvalue weighted by atomic mass is 9.75. The largest absolute Gasteiger partial charge is 0.340 e. The number of hydrogen-bond donors (Lipinski definition) is 0. The van der Waals surface area contributed by atoms with Crippen molar-refractivity contribution in [1.82, 2.24) is 9.80 Å². The van der Waals surface area contributed by atoms with E-state index in [0.29, 0.717) is 12.5 Å². The standard InChI is InChI=1S/C17H24N2O/c1-4-16(20)18-9-10-19-12-17(2,3)14-8-6-5-7-13(14)15(19)11-18/h5-8,15H,4,9-12H2,1-3H3. The zero-order valence-corrected chi connectivity index (χ0v) is 12.7. The number of piperazine rings is 1. The zero-order valence-electron chi connectivity index (χ0n) is 12.7. The minimum atomic E-state index is 0.198. The van der Waals surface area contributed by atoms with Crippen molar-refractivity contribution >= 4 is 5.91 Å². The fourth-order valence-corrected chi connectivity index (χ4v) is 3.75. The Hall–Kier alpha value is -1.35. The quantitative estimate of drug-likeness (QED) is 0.784. The highest BCUT2D eigenvalue weighted by Gasteiger charge is 2.40. The van der Waals surface area contributed by atoms with Gasteiger partial charge in [-0.15, -0.1) is 0 Å². The van der Waals surface area contributed by atoms with Crippen LogP contribution in [0.4, 0.5) is 0 Å². The third kappa shape index (κ3) is 2.14. The fourth-order valence-electron chi connectivity index (χ4n) is 3.75. The predicted molar refractivity (Wildman–Crippen MR) is 80.7 cm³/mol. The summed E-state index contributed by atoms with van der Waals surface area (Å²) in [6.07, 6.45) is 0.611. The molecule has 0 aromatic heterocycles. The topological polar surface area (TPSA) is 23.6 Å². The second-order valence-electron chi connectivity index (χ2n) is 6.65. The van der Waals surface area contributed by atoms with E-state index in [0.717, 1.165) is 26.2 Å². The number of carbonyl (C=O) groups is 1. The maximum absolute atomic E-state index is 12.0. The SMILES string of the molecule is CCC(=O)N1CCN2CC(C)(C)c3ccccc3C2C1. The van der Waals surface area contributed by atoms with Crippen LogP contribution in [0, 0.1) is 0 Å². The van der Waals surface area contributed by atoms with E-state index < -0.39 is 0 Å². The molecule has 1 saturated heterocycles. The highest BCUT2D eigenvalue weighted by molar-refractivity contribution is 5.76. The van der Waals surface area contributed by atoms with E-state index in [1.165, 1.54) is 11.1 Å². The zero-order chi connectivity index (χ0) is 14.3. The van der Waals surface area contributed by atoms with Gasteiger partial charge in [0.05, 0.1) is 6.04 Å². The van der Waals surface area contributed by atoms with Crippen molar-refractivity contribution in [2.75, 3.05) is 26.2 Å². The van der Waals surface area contributed by atoms with E-state index in [-0.39, 0.29) is 11.3 Å². The maximum atomic E-state index is 12.0. The molecule has 0 N–H and O–H groups in total. The molecule has 1 atom stereocenters. The monoisotopic (exact) mass is 272 g/mol. The van der Waals surface area contributed by atoms with E-state index in [2.05, 4.69) is 43.0 Å². The number of benzene rings is 1. The molecule has 0 saturated carbocycles. The molecule has 2 aliphatic heterocycles. The molecule has 3 rings (SSSR count). The van der Waals surface area contributed by atoms with Crippen LogP contribution >= 0.6 is 0 Å². The lowest BCUT2D eigenvalue weighted by molar-refractivity contribution is -0.134. The van der Waals surface area contributed by atoms with Gasteiger partial charge < -0.3 is 4.90 Å². The molecule has 1 fully saturated rings. The van der Waals surface area contributed by atoms with Gasteiger partial charge in [0, 0.05) is 38.0 Å². The fraction of sp³-hybridized carbons (Fsp3) is 0.588. The Bertz CT molecular complexity index is 523. The first-order valence-corrected chi connectivity index (χ1v) is 7.64. The number of rotatable bonds is 1. The number of nitrogens with zero attached hydrogens (tertiary/aromatic N) is 2. The summed E-state index contributed by atoms with van der Waals surface area (Å²) in [6, 6.07) is 9.14. The van der Waals surface area contributed by atoms with Gasteiger partial charge in [-0.25, -0.2) is 0 Å². The van der Waals surface area contributed by atoms with Gasteiger partial charge >= 0.3 is 0 Å². The van der Waals surface area contributed by atoms with Crippen molar-refractivity contribution < 1.29 is 4.79 Å². The molecule has 2 heterocycles. The van der Waals surface area contributed by atoms with Gasteiger partial charge in [-0.3, -0.25) is 9.69 Å². The number of amides is 1. The van der Waals surface area contributed by atoms with Crippen LogP contribution in [0.1, 0.15) is 44.4 Å². The van der Waals surface area contributed by atoms with Crippen LogP contribution in [0.5, 0.6) is 0 Å².